The predicted octanol–water partition coefficient (Wildman–Crippen LogP) is 4.22. The average molecular weight is 476 g/mol. The monoisotopic (exact) mass is 476 g/mol. The molecule has 1 N–H and O–H groups in total. The Hall–Kier alpha value is -3.16. The van der Waals surface area contributed by atoms with Crippen molar-refractivity contribution in [2.75, 3.05) is 5.75 Å². The number of amides is 1. The van der Waals surface area contributed by atoms with Gasteiger partial charge in [-0.15, -0.1) is 11.8 Å². The normalized spacial score (nSPS) is 13.1. The molecular formula is C18H14F6N6OS. The van der Waals surface area contributed by atoms with Gasteiger partial charge in [0.25, 0.3) is 11.9 Å². The molecule has 0 aliphatic carbocycles. The van der Waals surface area contributed by atoms with E-state index in [1.165, 1.54) is 30.3 Å². The minimum absolute atomic E-state index is 0.158. The second-order valence-electron chi connectivity index (χ2n) is 6.42. The summed E-state index contributed by atoms with van der Waals surface area (Å²) in [5.74, 6) is -1.97. The van der Waals surface area contributed by atoms with Crippen LogP contribution in [0.5, 0.6) is 0 Å². The number of rotatable bonds is 6. The van der Waals surface area contributed by atoms with Crippen LogP contribution in [0.25, 0.3) is 5.95 Å². The minimum atomic E-state index is -4.85. The van der Waals surface area contributed by atoms with E-state index in [4.69, 9.17) is 0 Å². The second-order valence-corrected chi connectivity index (χ2v) is 7.47. The van der Waals surface area contributed by atoms with Crippen molar-refractivity contribution in [3.05, 3.63) is 59.9 Å². The van der Waals surface area contributed by atoms with Gasteiger partial charge in [-0.2, -0.15) is 36.1 Å². The minimum Gasteiger partial charge on any atom is -0.342 e. The summed E-state index contributed by atoms with van der Waals surface area (Å²) in [6.07, 6.45) is -5.33. The average Bonchev–Trinajstić information content (AvgIpc) is 3.21. The van der Waals surface area contributed by atoms with E-state index in [0.29, 0.717) is 12.1 Å². The molecule has 170 valence electrons. The maximum absolute atomic E-state index is 13.2. The number of halogens is 6. The molecule has 1 aromatic carbocycles. The highest BCUT2D eigenvalue weighted by atomic mass is 32.2. The van der Waals surface area contributed by atoms with Gasteiger partial charge in [-0.1, -0.05) is 0 Å². The van der Waals surface area contributed by atoms with E-state index < -0.39 is 41.2 Å². The molecule has 1 atom stereocenters. The first kappa shape index (κ1) is 23.5. The summed E-state index contributed by atoms with van der Waals surface area (Å²) in [5, 5.41) is 6.44. The molecule has 0 saturated carbocycles. The highest BCUT2D eigenvalue weighted by molar-refractivity contribution is 7.99. The van der Waals surface area contributed by atoms with E-state index in [1.807, 2.05) is 0 Å². The second kappa shape index (κ2) is 9.14. The molecule has 1 unspecified atom stereocenters. The SMILES string of the molecule is CC(NC(=O)c1cc(SCC(F)(F)F)cc(C(F)(F)F)c1)c1ncnn1-c1ncccn1. The molecule has 3 rings (SSSR count). The van der Waals surface area contributed by atoms with Crippen molar-refractivity contribution in [2.24, 2.45) is 0 Å². The van der Waals surface area contributed by atoms with Crippen LogP contribution in [0.4, 0.5) is 26.3 Å². The molecule has 0 bridgehead atoms. The Morgan fingerprint density at radius 2 is 1.78 bits per heavy atom. The fourth-order valence-electron chi connectivity index (χ4n) is 2.59. The highest BCUT2D eigenvalue weighted by Gasteiger charge is 2.33. The van der Waals surface area contributed by atoms with Gasteiger partial charge in [0.15, 0.2) is 5.82 Å². The maximum atomic E-state index is 13.2. The number of hydrogen-bond acceptors (Lipinski definition) is 6. The third kappa shape index (κ3) is 5.96. The molecule has 3 aromatic rings. The Kier molecular flexibility index (Phi) is 6.71. The van der Waals surface area contributed by atoms with Gasteiger partial charge in [0.05, 0.1) is 17.4 Å². The summed E-state index contributed by atoms with van der Waals surface area (Å²) in [7, 11) is 0. The number of carbonyl (C=O) groups is 1. The summed E-state index contributed by atoms with van der Waals surface area (Å²) < 4.78 is 78.4. The molecule has 0 saturated heterocycles. The molecule has 0 spiro atoms. The Morgan fingerprint density at radius 3 is 2.41 bits per heavy atom. The number of carbonyl (C=O) groups excluding carboxylic acids is 1. The zero-order valence-corrected chi connectivity index (χ0v) is 17.0. The Bertz CT molecular complexity index is 1090. The highest BCUT2D eigenvalue weighted by Crippen LogP contribution is 2.35. The Morgan fingerprint density at radius 1 is 1.09 bits per heavy atom. The first-order valence-corrected chi connectivity index (χ1v) is 9.82. The molecular weight excluding hydrogens is 462 g/mol. The van der Waals surface area contributed by atoms with Gasteiger partial charge < -0.3 is 5.32 Å². The first-order chi connectivity index (χ1) is 14.9. The third-order valence-electron chi connectivity index (χ3n) is 3.95. The number of benzene rings is 1. The van der Waals surface area contributed by atoms with Crippen LogP contribution in [0.2, 0.25) is 0 Å². The molecule has 14 heteroatoms. The van der Waals surface area contributed by atoms with Crippen molar-refractivity contribution in [1.29, 1.82) is 0 Å². The van der Waals surface area contributed by atoms with Gasteiger partial charge in [0.2, 0.25) is 0 Å². The summed E-state index contributed by atoms with van der Waals surface area (Å²) >= 11 is 0.158. The summed E-state index contributed by atoms with van der Waals surface area (Å²) in [6, 6.07) is 2.85. The Balaban J connectivity index is 1.85. The smallest absolute Gasteiger partial charge is 0.342 e. The molecule has 0 aliphatic heterocycles. The molecule has 0 radical (unpaired) electrons. The van der Waals surface area contributed by atoms with Gasteiger partial charge in [-0.3, -0.25) is 4.79 Å². The number of nitrogens with zero attached hydrogens (tertiary/aromatic N) is 5. The summed E-state index contributed by atoms with van der Waals surface area (Å²) in [4.78, 5) is 24.3. The lowest BCUT2D eigenvalue weighted by atomic mass is 10.1. The maximum Gasteiger partial charge on any atom is 0.416 e. The van der Waals surface area contributed by atoms with Crippen LogP contribution < -0.4 is 5.32 Å². The van der Waals surface area contributed by atoms with E-state index in [9.17, 15) is 31.1 Å². The molecule has 0 fully saturated rings. The topological polar surface area (TPSA) is 85.6 Å². The number of nitrogens with one attached hydrogen (secondary N) is 1. The van der Waals surface area contributed by atoms with Crippen molar-refractivity contribution in [3.63, 3.8) is 0 Å². The molecule has 2 heterocycles. The standard InChI is InChI=1S/C18H14F6N6OS/c1-10(14-27-9-28-30(14)16-25-3-2-4-26-16)29-15(31)11-5-12(18(22,23)24)7-13(6-11)32-8-17(19,20)21/h2-7,9-10H,8H2,1H3,(H,29,31). The lowest BCUT2D eigenvalue weighted by Gasteiger charge is -2.16. The van der Waals surface area contributed by atoms with E-state index in [0.717, 1.165) is 6.07 Å². The van der Waals surface area contributed by atoms with E-state index >= 15 is 0 Å². The van der Waals surface area contributed by atoms with Crippen LogP contribution in [-0.4, -0.2) is 42.6 Å². The van der Waals surface area contributed by atoms with Crippen LogP contribution in [0.15, 0.2) is 47.9 Å². The van der Waals surface area contributed by atoms with E-state index in [-0.39, 0.29) is 28.4 Å². The molecule has 2 aromatic heterocycles. The van der Waals surface area contributed by atoms with E-state index in [2.05, 4.69) is 25.4 Å². The Labute approximate surface area is 181 Å². The van der Waals surface area contributed by atoms with Crippen LogP contribution in [0.3, 0.4) is 0 Å². The largest absolute Gasteiger partial charge is 0.416 e. The fraction of sp³-hybridized carbons (Fsp3) is 0.278. The quantitative estimate of drug-likeness (QED) is 0.424. The zero-order valence-electron chi connectivity index (χ0n) is 16.1. The van der Waals surface area contributed by atoms with Crippen molar-refractivity contribution >= 4 is 17.7 Å². The number of alkyl halides is 6. The lowest BCUT2D eigenvalue weighted by molar-refractivity contribution is -0.137. The van der Waals surface area contributed by atoms with Crippen molar-refractivity contribution in [3.8, 4) is 5.95 Å². The molecule has 0 aliphatic rings. The van der Waals surface area contributed by atoms with Gasteiger partial charge in [-0.25, -0.2) is 15.0 Å². The van der Waals surface area contributed by atoms with Crippen molar-refractivity contribution in [1.82, 2.24) is 30.0 Å². The van der Waals surface area contributed by atoms with Crippen molar-refractivity contribution in [2.45, 2.75) is 30.2 Å². The lowest BCUT2D eigenvalue weighted by Crippen LogP contribution is -2.29. The predicted molar refractivity (Wildman–Crippen MR) is 101 cm³/mol. The van der Waals surface area contributed by atoms with Gasteiger partial charge >= 0.3 is 12.4 Å². The van der Waals surface area contributed by atoms with Crippen LogP contribution in [-0.2, 0) is 6.18 Å². The molecule has 32 heavy (non-hydrogen) atoms. The number of hydrogen-bond donors (Lipinski definition) is 1. The summed E-state index contributed by atoms with van der Waals surface area (Å²) in [6.45, 7) is 1.51. The van der Waals surface area contributed by atoms with Gasteiger partial charge in [0.1, 0.15) is 6.33 Å². The van der Waals surface area contributed by atoms with E-state index in [1.54, 1.807) is 6.07 Å². The molecule has 1 amide bonds. The van der Waals surface area contributed by atoms with Crippen LogP contribution in [0, 0.1) is 0 Å². The van der Waals surface area contributed by atoms with Crippen LogP contribution >= 0.6 is 11.8 Å². The first-order valence-electron chi connectivity index (χ1n) is 8.84. The molecule has 7 nitrogen and oxygen atoms in total. The zero-order chi connectivity index (χ0) is 23.5. The number of thioether (sulfide) groups is 1. The van der Waals surface area contributed by atoms with Gasteiger partial charge in [0, 0.05) is 22.9 Å². The fourth-order valence-corrected chi connectivity index (χ4v) is 3.34. The third-order valence-corrected chi connectivity index (χ3v) is 4.99. The number of aromatic nitrogens is 5. The van der Waals surface area contributed by atoms with Crippen LogP contribution in [0.1, 0.15) is 34.7 Å². The van der Waals surface area contributed by atoms with Crippen molar-refractivity contribution < 1.29 is 31.1 Å². The summed E-state index contributed by atoms with van der Waals surface area (Å²) in [5.41, 5.74) is -1.68. The van der Waals surface area contributed by atoms with Gasteiger partial charge in [-0.05, 0) is 31.2 Å².